The maximum absolute atomic E-state index is 11.9. The van der Waals surface area contributed by atoms with E-state index in [0.717, 1.165) is 37.4 Å². The molecule has 116 valence electrons. The molecule has 0 radical (unpaired) electrons. The fraction of sp³-hybridized carbons (Fsp3) is 0.562. The second-order valence-electron chi connectivity index (χ2n) is 5.87. The Kier molecular flexibility index (Phi) is 5.20. The fourth-order valence-electron chi connectivity index (χ4n) is 2.79. The Balaban J connectivity index is 1.78. The highest BCUT2D eigenvalue weighted by Gasteiger charge is 2.39. The molecule has 0 bridgehead atoms. The second kappa shape index (κ2) is 6.91. The quantitative estimate of drug-likeness (QED) is 0.820. The molecule has 1 saturated heterocycles. The zero-order valence-electron chi connectivity index (χ0n) is 12.9. The predicted octanol–water partition coefficient (Wildman–Crippen LogP) is 0.982. The lowest BCUT2D eigenvalue weighted by Crippen LogP contribution is -2.39. The highest BCUT2D eigenvalue weighted by atomic mass is 16.5. The number of nitrogens with one attached hydrogen (secondary N) is 1. The predicted molar refractivity (Wildman–Crippen MR) is 83.1 cm³/mol. The fourth-order valence-corrected chi connectivity index (χ4v) is 2.79. The third kappa shape index (κ3) is 3.95. The Morgan fingerprint density at radius 1 is 1.52 bits per heavy atom. The van der Waals surface area contributed by atoms with Gasteiger partial charge >= 0.3 is 0 Å². The molecule has 0 saturated carbocycles. The molecule has 1 atom stereocenters. The van der Waals surface area contributed by atoms with Crippen LogP contribution in [0, 0.1) is 5.41 Å². The minimum Gasteiger partial charge on any atom is -0.492 e. The summed E-state index contributed by atoms with van der Waals surface area (Å²) in [5, 5.41) is 2.75. The van der Waals surface area contributed by atoms with Crippen LogP contribution in [0.1, 0.15) is 18.9 Å². The van der Waals surface area contributed by atoms with Crippen LogP contribution in [0.5, 0.6) is 5.75 Å². The Bertz CT molecular complexity index is 492. The van der Waals surface area contributed by atoms with E-state index in [2.05, 4.69) is 10.2 Å². The maximum Gasteiger partial charge on any atom is 0.227 e. The normalized spacial score (nSPS) is 22.2. The van der Waals surface area contributed by atoms with Gasteiger partial charge in [0.1, 0.15) is 12.4 Å². The molecular formula is C16H25N3O2. The summed E-state index contributed by atoms with van der Waals surface area (Å²) in [4.78, 5) is 14.1. The van der Waals surface area contributed by atoms with Crippen LogP contribution in [0.15, 0.2) is 24.3 Å². The van der Waals surface area contributed by atoms with Gasteiger partial charge in [0.25, 0.3) is 0 Å². The van der Waals surface area contributed by atoms with Crippen molar-refractivity contribution in [2.45, 2.75) is 19.9 Å². The van der Waals surface area contributed by atoms with E-state index in [1.165, 1.54) is 0 Å². The number of nitrogens with two attached hydrogens (primary N) is 1. The summed E-state index contributed by atoms with van der Waals surface area (Å²) in [6.45, 7) is 5.73. The number of benzene rings is 1. The van der Waals surface area contributed by atoms with Crippen LogP contribution in [-0.2, 0) is 11.3 Å². The van der Waals surface area contributed by atoms with E-state index in [0.29, 0.717) is 13.2 Å². The summed E-state index contributed by atoms with van der Waals surface area (Å²) in [7, 11) is 1.70. The number of nitrogens with zero attached hydrogens (tertiary/aromatic N) is 1. The van der Waals surface area contributed by atoms with Crippen molar-refractivity contribution >= 4 is 5.91 Å². The van der Waals surface area contributed by atoms with Gasteiger partial charge in [-0.1, -0.05) is 12.1 Å². The minimum atomic E-state index is -0.270. The minimum absolute atomic E-state index is 0.126. The lowest BCUT2D eigenvalue weighted by Gasteiger charge is -2.22. The lowest BCUT2D eigenvalue weighted by atomic mass is 9.89. The van der Waals surface area contributed by atoms with Crippen LogP contribution in [0.25, 0.3) is 0 Å². The van der Waals surface area contributed by atoms with Crippen LogP contribution in [0.2, 0.25) is 0 Å². The molecule has 1 heterocycles. The summed E-state index contributed by atoms with van der Waals surface area (Å²) in [5.74, 6) is 0.979. The van der Waals surface area contributed by atoms with Gasteiger partial charge in [0.2, 0.25) is 5.91 Å². The molecule has 5 nitrogen and oxygen atoms in total. The zero-order valence-corrected chi connectivity index (χ0v) is 12.9. The van der Waals surface area contributed by atoms with Crippen molar-refractivity contribution in [1.82, 2.24) is 10.2 Å². The first-order chi connectivity index (χ1) is 10.1. The first kappa shape index (κ1) is 15.8. The number of ether oxygens (including phenoxy) is 1. The molecule has 1 aromatic rings. The van der Waals surface area contributed by atoms with Gasteiger partial charge in [0.15, 0.2) is 0 Å². The van der Waals surface area contributed by atoms with Gasteiger partial charge in [0, 0.05) is 26.7 Å². The van der Waals surface area contributed by atoms with Crippen LogP contribution in [-0.4, -0.2) is 44.1 Å². The van der Waals surface area contributed by atoms with E-state index < -0.39 is 0 Å². The third-order valence-corrected chi connectivity index (χ3v) is 4.14. The van der Waals surface area contributed by atoms with Crippen molar-refractivity contribution in [2.75, 3.05) is 33.3 Å². The van der Waals surface area contributed by atoms with Gasteiger partial charge in [-0.3, -0.25) is 9.69 Å². The monoisotopic (exact) mass is 291 g/mol. The molecular weight excluding hydrogens is 266 g/mol. The summed E-state index contributed by atoms with van der Waals surface area (Å²) < 4.78 is 5.77. The molecule has 1 aliphatic rings. The SMILES string of the molecule is CNC(=O)C1(C)CCN(CCOc2cccc(CN)c2)C1. The van der Waals surface area contributed by atoms with E-state index >= 15 is 0 Å². The number of carbonyl (C=O) groups is 1. The van der Waals surface area contributed by atoms with E-state index in [9.17, 15) is 4.79 Å². The summed E-state index contributed by atoms with van der Waals surface area (Å²) in [5.41, 5.74) is 6.42. The summed E-state index contributed by atoms with van der Waals surface area (Å²) in [6, 6.07) is 7.86. The second-order valence-corrected chi connectivity index (χ2v) is 5.87. The topological polar surface area (TPSA) is 67.6 Å². The van der Waals surface area contributed by atoms with Gasteiger partial charge < -0.3 is 15.8 Å². The molecule has 0 aliphatic carbocycles. The highest BCUT2D eigenvalue weighted by Crippen LogP contribution is 2.29. The summed E-state index contributed by atoms with van der Waals surface area (Å²) in [6.07, 6.45) is 0.898. The standard InChI is InChI=1S/C16H25N3O2/c1-16(15(20)18-2)6-7-19(12-16)8-9-21-14-5-3-4-13(10-14)11-17/h3-5,10H,6-9,11-12,17H2,1-2H3,(H,18,20). The van der Waals surface area contributed by atoms with Crippen LogP contribution in [0.3, 0.4) is 0 Å². The van der Waals surface area contributed by atoms with Crippen molar-refractivity contribution in [3.63, 3.8) is 0 Å². The van der Waals surface area contributed by atoms with Crippen molar-refractivity contribution in [2.24, 2.45) is 11.1 Å². The average molecular weight is 291 g/mol. The molecule has 1 unspecified atom stereocenters. The molecule has 3 N–H and O–H groups in total. The Hall–Kier alpha value is -1.59. The third-order valence-electron chi connectivity index (χ3n) is 4.14. The van der Waals surface area contributed by atoms with E-state index in [1.54, 1.807) is 7.05 Å². The molecule has 1 aliphatic heterocycles. The highest BCUT2D eigenvalue weighted by molar-refractivity contribution is 5.82. The van der Waals surface area contributed by atoms with Crippen LogP contribution in [0.4, 0.5) is 0 Å². The van der Waals surface area contributed by atoms with Gasteiger partial charge in [-0.2, -0.15) is 0 Å². The van der Waals surface area contributed by atoms with Crippen molar-refractivity contribution < 1.29 is 9.53 Å². The first-order valence-corrected chi connectivity index (χ1v) is 7.44. The number of hydrogen-bond donors (Lipinski definition) is 2. The first-order valence-electron chi connectivity index (χ1n) is 7.44. The molecule has 21 heavy (non-hydrogen) atoms. The van der Waals surface area contributed by atoms with Crippen molar-refractivity contribution in [1.29, 1.82) is 0 Å². The Morgan fingerprint density at radius 2 is 2.33 bits per heavy atom. The Labute approximate surface area is 126 Å². The molecule has 0 spiro atoms. The van der Waals surface area contributed by atoms with Crippen LogP contribution < -0.4 is 15.8 Å². The van der Waals surface area contributed by atoms with E-state index in [1.807, 2.05) is 31.2 Å². The van der Waals surface area contributed by atoms with E-state index in [4.69, 9.17) is 10.5 Å². The molecule has 1 amide bonds. The van der Waals surface area contributed by atoms with Crippen molar-refractivity contribution in [3.05, 3.63) is 29.8 Å². The molecule has 1 aromatic carbocycles. The molecule has 2 rings (SSSR count). The van der Waals surface area contributed by atoms with Gasteiger partial charge in [0.05, 0.1) is 5.41 Å². The Morgan fingerprint density at radius 3 is 3.05 bits per heavy atom. The van der Waals surface area contributed by atoms with Crippen LogP contribution >= 0.6 is 0 Å². The molecule has 1 fully saturated rings. The van der Waals surface area contributed by atoms with Gasteiger partial charge in [-0.15, -0.1) is 0 Å². The average Bonchev–Trinajstić information content (AvgIpc) is 2.89. The number of likely N-dealkylation sites (tertiary alicyclic amines) is 1. The number of carbonyl (C=O) groups excluding carboxylic acids is 1. The zero-order chi connectivity index (χ0) is 15.3. The largest absolute Gasteiger partial charge is 0.492 e. The number of hydrogen-bond acceptors (Lipinski definition) is 4. The van der Waals surface area contributed by atoms with Gasteiger partial charge in [-0.25, -0.2) is 0 Å². The maximum atomic E-state index is 11.9. The van der Waals surface area contributed by atoms with Gasteiger partial charge in [-0.05, 0) is 37.6 Å². The smallest absolute Gasteiger partial charge is 0.227 e. The molecule has 5 heteroatoms. The lowest BCUT2D eigenvalue weighted by molar-refractivity contribution is -0.129. The molecule has 0 aromatic heterocycles. The number of rotatable bonds is 6. The van der Waals surface area contributed by atoms with E-state index in [-0.39, 0.29) is 11.3 Å². The number of amides is 1. The van der Waals surface area contributed by atoms with Crippen molar-refractivity contribution in [3.8, 4) is 5.75 Å². The summed E-state index contributed by atoms with van der Waals surface area (Å²) >= 11 is 0.